The zero-order chi connectivity index (χ0) is 14.8. The maximum atomic E-state index is 12.8. The van der Waals surface area contributed by atoms with Crippen LogP contribution in [0.1, 0.15) is 43.2 Å². The highest BCUT2D eigenvalue weighted by molar-refractivity contribution is 5.49. The Morgan fingerprint density at radius 2 is 1.85 bits per heavy atom. The van der Waals surface area contributed by atoms with Crippen molar-refractivity contribution in [3.8, 4) is 0 Å². The van der Waals surface area contributed by atoms with Crippen LogP contribution in [0.5, 0.6) is 0 Å². The third-order valence-electron chi connectivity index (χ3n) is 3.95. The lowest BCUT2D eigenvalue weighted by Gasteiger charge is -2.32. The topological polar surface area (TPSA) is 32.3 Å². The maximum absolute atomic E-state index is 12.8. The third kappa shape index (κ3) is 3.66. The number of hydrogen-bond acceptors (Lipinski definition) is 2. The molecule has 5 heteroatoms. The van der Waals surface area contributed by atoms with E-state index in [-0.39, 0.29) is 5.56 Å². The van der Waals surface area contributed by atoms with Crippen molar-refractivity contribution in [2.75, 3.05) is 11.9 Å². The Labute approximate surface area is 117 Å². The van der Waals surface area contributed by atoms with Gasteiger partial charge >= 0.3 is 6.18 Å². The number of aryl methyl sites for hydroxylation is 1. The molecule has 0 radical (unpaired) electrons. The van der Waals surface area contributed by atoms with Crippen LogP contribution in [0.25, 0.3) is 0 Å². The quantitative estimate of drug-likeness (QED) is 0.876. The summed E-state index contributed by atoms with van der Waals surface area (Å²) < 4.78 is 38.5. The molecule has 1 saturated carbocycles. The van der Waals surface area contributed by atoms with E-state index in [1.807, 2.05) is 0 Å². The molecule has 0 bridgehead atoms. The summed E-state index contributed by atoms with van der Waals surface area (Å²) in [7, 11) is 0. The second-order valence-electron chi connectivity index (χ2n) is 5.67. The van der Waals surface area contributed by atoms with Gasteiger partial charge in [-0.1, -0.05) is 25.3 Å². The first-order valence-corrected chi connectivity index (χ1v) is 6.94. The van der Waals surface area contributed by atoms with Gasteiger partial charge in [0.15, 0.2) is 0 Å². The number of hydrogen-bond donors (Lipinski definition) is 2. The van der Waals surface area contributed by atoms with Crippen LogP contribution in [0.2, 0.25) is 0 Å². The standard InChI is InChI=1S/C15H20F3NO/c1-11-5-6-12(9-13(11)15(16,17)18)19-10-14(20)7-3-2-4-8-14/h5-6,9,19-20H,2-4,7-8,10H2,1H3. The van der Waals surface area contributed by atoms with Crippen molar-refractivity contribution in [1.82, 2.24) is 0 Å². The molecule has 1 aromatic rings. The van der Waals surface area contributed by atoms with E-state index in [1.54, 1.807) is 6.07 Å². The lowest BCUT2D eigenvalue weighted by atomic mass is 9.85. The predicted molar refractivity (Wildman–Crippen MR) is 72.7 cm³/mol. The zero-order valence-corrected chi connectivity index (χ0v) is 11.6. The smallest absolute Gasteiger partial charge is 0.388 e. The summed E-state index contributed by atoms with van der Waals surface area (Å²) in [5, 5.41) is 13.3. The van der Waals surface area contributed by atoms with Crippen molar-refractivity contribution in [3.63, 3.8) is 0 Å². The van der Waals surface area contributed by atoms with Gasteiger partial charge in [-0.15, -0.1) is 0 Å². The molecular weight excluding hydrogens is 267 g/mol. The van der Waals surface area contributed by atoms with Crippen LogP contribution in [-0.2, 0) is 6.18 Å². The first kappa shape index (κ1) is 15.2. The van der Waals surface area contributed by atoms with Crippen molar-refractivity contribution in [2.24, 2.45) is 0 Å². The minimum atomic E-state index is -4.34. The molecule has 1 aliphatic rings. The molecule has 0 unspecified atom stereocenters. The molecule has 0 atom stereocenters. The highest BCUT2D eigenvalue weighted by atomic mass is 19.4. The van der Waals surface area contributed by atoms with Gasteiger partial charge in [0, 0.05) is 12.2 Å². The van der Waals surface area contributed by atoms with Gasteiger partial charge in [0.05, 0.1) is 11.2 Å². The van der Waals surface area contributed by atoms with Gasteiger partial charge in [0.1, 0.15) is 0 Å². The molecule has 0 amide bonds. The van der Waals surface area contributed by atoms with Crippen molar-refractivity contribution in [3.05, 3.63) is 29.3 Å². The Balaban J connectivity index is 2.06. The van der Waals surface area contributed by atoms with Crippen LogP contribution in [0.3, 0.4) is 0 Å². The van der Waals surface area contributed by atoms with Gasteiger partial charge in [-0.05, 0) is 37.5 Å². The van der Waals surface area contributed by atoms with Crippen molar-refractivity contribution < 1.29 is 18.3 Å². The lowest BCUT2D eigenvalue weighted by Crippen LogP contribution is -2.38. The minimum absolute atomic E-state index is 0.208. The van der Waals surface area contributed by atoms with Gasteiger partial charge in [0.2, 0.25) is 0 Å². The van der Waals surface area contributed by atoms with E-state index >= 15 is 0 Å². The Hall–Kier alpha value is -1.23. The molecule has 0 spiro atoms. The summed E-state index contributed by atoms with van der Waals surface area (Å²) >= 11 is 0. The summed E-state index contributed by atoms with van der Waals surface area (Å²) in [6.07, 6.45) is 0.129. The zero-order valence-electron chi connectivity index (χ0n) is 11.6. The number of anilines is 1. The highest BCUT2D eigenvalue weighted by Gasteiger charge is 2.33. The average molecular weight is 287 g/mol. The molecule has 0 heterocycles. The van der Waals surface area contributed by atoms with E-state index in [1.165, 1.54) is 13.0 Å². The van der Waals surface area contributed by atoms with Gasteiger partial charge < -0.3 is 10.4 Å². The van der Waals surface area contributed by atoms with Crippen LogP contribution in [0.4, 0.5) is 18.9 Å². The fraction of sp³-hybridized carbons (Fsp3) is 0.600. The molecular formula is C15H20F3NO. The maximum Gasteiger partial charge on any atom is 0.416 e. The molecule has 1 aliphatic carbocycles. The molecule has 1 fully saturated rings. The fourth-order valence-electron chi connectivity index (χ4n) is 2.69. The molecule has 0 saturated heterocycles. The van der Waals surface area contributed by atoms with Crippen LogP contribution < -0.4 is 5.32 Å². The Morgan fingerprint density at radius 1 is 1.20 bits per heavy atom. The van der Waals surface area contributed by atoms with E-state index in [0.29, 0.717) is 25.1 Å². The van der Waals surface area contributed by atoms with E-state index in [9.17, 15) is 18.3 Å². The van der Waals surface area contributed by atoms with Crippen LogP contribution in [0.15, 0.2) is 18.2 Å². The number of aliphatic hydroxyl groups is 1. The van der Waals surface area contributed by atoms with E-state index < -0.39 is 17.3 Å². The highest BCUT2D eigenvalue weighted by Crippen LogP contribution is 2.34. The lowest BCUT2D eigenvalue weighted by molar-refractivity contribution is -0.138. The second-order valence-corrected chi connectivity index (χ2v) is 5.67. The largest absolute Gasteiger partial charge is 0.416 e. The molecule has 1 aromatic carbocycles. The van der Waals surface area contributed by atoms with Crippen LogP contribution in [0, 0.1) is 6.92 Å². The summed E-state index contributed by atoms with van der Waals surface area (Å²) in [4.78, 5) is 0. The van der Waals surface area contributed by atoms with Gasteiger partial charge in [-0.2, -0.15) is 13.2 Å². The van der Waals surface area contributed by atoms with Crippen LogP contribution in [-0.4, -0.2) is 17.3 Å². The predicted octanol–water partition coefficient (Wildman–Crippen LogP) is 4.12. The van der Waals surface area contributed by atoms with Crippen molar-refractivity contribution in [1.29, 1.82) is 0 Å². The average Bonchev–Trinajstić information content (AvgIpc) is 2.37. The summed E-state index contributed by atoms with van der Waals surface area (Å²) in [5.41, 5.74) is -0.805. The molecule has 0 aliphatic heterocycles. The van der Waals surface area contributed by atoms with Crippen LogP contribution >= 0.6 is 0 Å². The Bertz CT molecular complexity index is 465. The molecule has 112 valence electrons. The molecule has 20 heavy (non-hydrogen) atoms. The number of benzene rings is 1. The van der Waals surface area contributed by atoms with E-state index in [2.05, 4.69) is 5.32 Å². The number of alkyl halides is 3. The summed E-state index contributed by atoms with van der Waals surface area (Å²) in [6.45, 7) is 1.74. The second kappa shape index (κ2) is 5.64. The first-order chi connectivity index (χ1) is 9.30. The number of rotatable bonds is 3. The minimum Gasteiger partial charge on any atom is -0.388 e. The van der Waals surface area contributed by atoms with E-state index in [4.69, 9.17) is 0 Å². The molecule has 2 nitrogen and oxygen atoms in total. The monoisotopic (exact) mass is 287 g/mol. The van der Waals surface area contributed by atoms with Gasteiger partial charge in [0.25, 0.3) is 0 Å². The fourth-order valence-corrected chi connectivity index (χ4v) is 2.69. The van der Waals surface area contributed by atoms with Gasteiger partial charge in [-0.3, -0.25) is 0 Å². The normalized spacial score (nSPS) is 18.9. The Kier molecular flexibility index (Phi) is 4.28. The molecule has 2 rings (SSSR count). The summed E-state index contributed by atoms with van der Waals surface area (Å²) in [6, 6.07) is 4.19. The first-order valence-electron chi connectivity index (χ1n) is 6.94. The van der Waals surface area contributed by atoms with Crippen molar-refractivity contribution in [2.45, 2.75) is 50.8 Å². The summed E-state index contributed by atoms with van der Waals surface area (Å²) in [5.74, 6) is 0. The third-order valence-corrected chi connectivity index (χ3v) is 3.95. The van der Waals surface area contributed by atoms with Crippen molar-refractivity contribution >= 4 is 5.69 Å². The molecule has 2 N–H and O–H groups in total. The molecule has 0 aromatic heterocycles. The van der Waals surface area contributed by atoms with E-state index in [0.717, 1.165) is 25.3 Å². The SMILES string of the molecule is Cc1ccc(NCC2(O)CCCCC2)cc1C(F)(F)F. The Morgan fingerprint density at radius 3 is 2.45 bits per heavy atom. The number of halogens is 3. The van der Waals surface area contributed by atoms with Gasteiger partial charge in [-0.25, -0.2) is 0 Å². The number of nitrogens with one attached hydrogen (secondary N) is 1.